The molecule has 0 unspecified atom stereocenters. The van der Waals surface area contributed by atoms with E-state index >= 15 is 0 Å². The molecule has 0 fully saturated rings. The summed E-state index contributed by atoms with van der Waals surface area (Å²) in [5.41, 5.74) is 3.69. The minimum Gasteiger partial charge on any atom is -0.435 e. The number of aryl methyl sites for hydroxylation is 2. The van der Waals surface area contributed by atoms with Gasteiger partial charge in [0.25, 0.3) is 5.91 Å². The van der Waals surface area contributed by atoms with E-state index < -0.39 is 5.91 Å². The van der Waals surface area contributed by atoms with E-state index in [0.717, 1.165) is 17.0 Å². The largest absolute Gasteiger partial charge is 0.435 e. The van der Waals surface area contributed by atoms with Gasteiger partial charge in [0.15, 0.2) is 11.0 Å². The monoisotopic (exact) mass is 377 g/mol. The van der Waals surface area contributed by atoms with Crippen LogP contribution in [0.3, 0.4) is 0 Å². The normalized spacial score (nSPS) is 10.7. The molecule has 0 atom stereocenters. The number of anilines is 1. The van der Waals surface area contributed by atoms with E-state index in [0.29, 0.717) is 22.3 Å². The summed E-state index contributed by atoms with van der Waals surface area (Å²) < 4.78 is 5.53. The average molecular weight is 377 g/mol. The maximum atomic E-state index is 12.7. The van der Waals surface area contributed by atoms with E-state index in [-0.39, 0.29) is 5.76 Å². The van der Waals surface area contributed by atoms with E-state index in [1.807, 2.05) is 30.5 Å². The van der Waals surface area contributed by atoms with Gasteiger partial charge in [-0.05, 0) is 30.7 Å². The second-order valence-corrected chi connectivity index (χ2v) is 6.67. The van der Waals surface area contributed by atoms with Gasteiger partial charge in [-0.15, -0.1) is 11.3 Å². The molecule has 0 radical (unpaired) electrons. The number of hydrogen-bond donors (Lipinski definition) is 1. The molecule has 27 heavy (non-hydrogen) atoms. The van der Waals surface area contributed by atoms with Gasteiger partial charge in [-0.3, -0.25) is 20.1 Å². The van der Waals surface area contributed by atoms with Crippen LogP contribution in [0.15, 0.2) is 52.7 Å². The number of oxazole rings is 1. The number of amides is 1. The molecule has 134 valence electrons. The van der Waals surface area contributed by atoms with Gasteiger partial charge in [0, 0.05) is 36.5 Å². The number of rotatable bonds is 4. The smallest absolute Gasteiger partial charge is 0.295 e. The predicted molar refractivity (Wildman–Crippen MR) is 103 cm³/mol. The maximum Gasteiger partial charge on any atom is 0.295 e. The summed E-state index contributed by atoms with van der Waals surface area (Å²) in [6.45, 7) is 3.67. The highest BCUT2D eigenvalue weighted by atomic mass is 32.1. The van der Waals surface area contributed by atoms with Crippen molar-refractivity contribution in [1.82, 2.24) is 19.9 Å². The van der Waals surface area contributed by atoms with Gasteiger partial charge < -0.3 is 4.42 Å². The number of nitrogens with one attached hydrogen (secondary N) is 1. The van der Waals surface area contributed by atoms with Crippen LogP contribution < -0.4 is 5.32 Å². The zero-order chi connectivity index (χ0) is 18.8. The molecule has 0 saturated carbocycles. The Kier molecular flexibility index (Phi) is 4.47. The van der Waals surface area contributed by atoms with Crippen molar-refractivity contribution in [3.63, 3.8) is 0 Å². The Morgan fingerprint density at radius 2 is 1.96 bits per heavy atom. The number of aromatic nitrogens is 4. The van der Waals surface area contributed by atoms with Crippen LogP contribution in [0.4, 0.5) is 5.13 Å². The number of pyridine rings is 2. The van der Waals surface area contributed by atoms with Crippen molar-refractivity contribution in [2.45, 2.75) is 13.8 Å². The van der Waals surface area contributed by atoms with Gasteiger partial charge in [-0.2, -0.15) is 0 Å². The van der Waals surface area contributed by atoms with Gasteiger partial charge in [-0.25, -0.2) is 9.97 Å². The van der Waals surface area contributed by atoms with Crippen molar-refractivity contribution in [3.8, 4) is 22.6 Å². The summed E-state index contributed by atoms with van der Waals surface area (Å²) in [6, 6.07) is 7.45. The fourth-order valence-corrected chi connectivity index (χ4v) is 3.32. The lowest BCUT2D eigenvalue weighted by molar-refractivity contribution is 0.0996. The van der Waals surface area contributed by atoms with E-state index in [9.17, 15) is 4.79 Å². The van der Waals surface area contributed by atoms with Crippen LogP contribution in [0.5, 0.6) is 0 Å². The highest BCUT2D eigenvalue weighted by molar-refractivity contribution is 7.14. The van der Waals surface area contributed by atoms with Gasteiger partial charge in [0.05, 0.1) is 5.69 Å². The minimum absolute atomic E-state index is 0.131. The molecule has 1 N–H and O–H groups in total. The third-order valence-electron chi connectivity index (χ3n) is 3.85. The zero-order valence-corrected chi connectivity index (χ0v) is 15.4. The van der Waals surface area contributed by atoms with E-state index in [1.54, 1.807) is 31.6 Å². The van der Waals surface area contributed by atoms with Crippen LogP contribution in [0, 0.1) is 13.8 Å². The number of hydrogen-bond acceptors (Lipinski definition) is 7. The second kappa shape index (κ2) is 7.08. The number of carbonyl (C=O) groups excluding carboxylic acids is 1. The first-order chi connectivity index (χ1) is 13.1. The number of nitrogens with zero attached hydrogens (tertiary/aromatic N) is 4. The van der Waals surface area contributed by atoms with Crippen molar-refractivity contribution < 1.29 is 9.21 Å². The molecular weight excluding hydrogens is 362 g/mol. The molecule has 0 saturated heterocycles. The summed E-state index contributed by atoms with van der Waals surface area (Å²) in [4.78, 5) is 29.9. The molecule has 0 aromatic carbocycles. The van der Waals surface area contributed by atoms with Crippen LogP contribution in [-0.4, -0.2) is 25.8 Å². The third-order valence-corrected chi connectivity index (χ3v) is 4.61. The van der Waals surface area contributed by atoms with Crippen LogP contribution >= 0.6 is 11.3 Å². The average Bonchev–Trinajstić information content (AvgIpc) is 3.29. The topological polar surface area (TPSA) is 93.8 Å². The summed E-state index contributed by atoms with van der Waals surface area (Å²) >= 11 is 1.33. The molecule has 8 heteroatoms. The molecule has 0 aliphatic carbocycles. The lowest BCUT2D eigenvalue weighted by Gasteiger charge is -2.02. The van der Waals surface area contributed by atoms with Gasteiger partial charge in [0.2, 0.25) is 5.76 Å². The van der Waals surface area contributed by atoms with Crippen molar-refractivity contribution in [1.29, 1.82) is 0 Å². The van der Waals surface area contributed by atoms with Crippen molar-refractivity contribution in [2.24, 2.45) is 0 Å². The summed E-state index contributed by atoms with van der Waals surface area (Å²) in [5.74, 6) is 0.127. The molecule has 0 spiro atoms. The minimum atomic E-state index is -0.409. The molecule has 0 aliphatic rings. The van der Waals surface area contributed by atoms with E-state index in [4.69, 9.17) is 4.42 Å². The summed E-state index contributed by atoms with van der Waals surface area (Å²) in [5, 5.41) is 5.10. The van der Waals surface area contributed by atoms with Gasteiger partial charge in [0.1, 0.15) is 11.4 Å². The summed E-state index contributed by atoms with van der Waals surface area (Å²) in [7, 11) is 0. The molecule has 4 rings (SSSR count). The van der Waals surface area contributed by atoms with E-state index in [1.165, 1.54) is 11.3 Å². The predicted octanol–water partition coefficient (Wildman–Crippen LogP) is 4.12. The molecule has 4 heterocycles. The molecule has 4 aromatic rings. The molecule has 1 amide bonds. The molecule has 0 bridgehead atoms. The number of carbonyl (C=O) groups is 1. The molecule has 7 nitrogen and oxygen atoms in total. The zero-order valence-electron chi connectivity index (χ0n) is 14.6. The highest BCUT2D eigenvalue weighted by Crippen LogP contribution is 2.28. The Hall–Kier alpha value is -3.39. The SMILES string of the molecule is Cc1nc(-c2cccnc2)c(C(=O)Nc2nc(-c3ncccc3C)cs2)o1. The quantitative estimate of drug-likeness (QED) is 0.575. The Morgan fingerprint density at radius 3 is 2.74 bits per heavy atom. The first-order valence-electron chi connectivity index (χ1n) is 8.18. The van der Waals surface area contributed by atoms with E-state index in [2.05, 4.69) is 25.3 Å². The Balaban J connectivity index is 1.60. The lowest BCUT2D eigenvalue weighted by Crippen LogP contribution is -2.12. The fraction of sp³-hybridized carbons (Fsp3) is 0.105. The highest BCUT2D eigenvalue weighted by Gasteiger charge is 2.22. The lowest BCUT2D eigenvalue weighted by atomic mass is 10.2. The standard InChI is InChI=1S/C19H15N5O2S/c1-11-5-3-8-21-15(11)14-10-27-19(23-14)24-18(25)17-16(22-12(2)26-17)13-6-4-7-20-9-13/h3-10H,1-2H3,(H,23,24,25). The van der Waals surface area contributed by atoms with Gasteiger partial charge in [-0.1, -0.05) is 6.07 Å². The Morgan fingerprint density at radius 1 is 1.11 bits per heavy atom. The fourth-order valence-electron chi connectivity index (χ4n) is 2.63. The molecule has 0 aliphatic heterocycles. The number of thiazole rings is 1. The molecular formula is C19H15N5O2S. The van der Waals surface area contributed by atoms with Crippen molar-refractivity contribution in [3.05, 3.63) is 65.5 Å². The van der Waals surface area contributed by atoms with Crippen LogP contribution in [0.1, 0.15) is 22.0 Å². The van der Waals surface area contributed by atoms with Crippen LogP contribution in [0.25, 0.3) is 22.6 Å². The summed E-state index contributed by atoms with van der Waals surface area (Å²) in [6.07, 6.45) is 5.02. The first kappa shape index (κ1) is 17.0. The van der Waals surface area contributed by atoms with Crippen molar-refractivity contribution >= 4 is 22.4 Å². The second-order valence-electron chi connectivity index (χ2n) is 5.81. The van der Waals surface area contributed by atoms with Crippen molar-refractivity contribution in [2.75, 3.05) is 5.32 Å². The Bertz CT molecular complexity index is 1100. The molecule has 4 aromatic heterocycles. The van der Waals surface area contributed by atoms with Gasteiger partial charge >= 0.3 is 0 Å². The maximum absolute atomic E-state index is 12.7. The van der Waals surface area contributed by atoms with Crippen LogP contribution in [0.2, 0.25) is 0 Å². The Labute approximate surface area is 159 Å². The third kappa shape index (κ3) is 3.47. The first-order valence-corrected chi connectivity index (χ1v) is 9.06. The van der Waals surface area contributed by atoms with Crippen LogP contribution in [-0.2, 0) is 0 Å².